The minimum Gasteiger partial charge on any atom is -0.468 e. The number of benzene rings is 4. The Labute approximate surface area is 276 Å². The Kier molecular flexibility index (Phi) is 12.1. The Bertz CT molecular complexity index is 1740. The maximum atomic E-state index is 13.4. The largest absolute Gasteiger partial charge is 0.468 e. The van der Waals surface area contributed by atoms with Crippen LogP contribution in [-0.4, -0.2) is 61.8 Å². The molecule has 0 aliphatic rings. The number of rotatable bonds is 17. The van der Waals surface area contributed by atoms with Crippen molar-refractivity contribution in [3.05, 3.63) is 113 Å². The van der Waals surface area contributed by atoms with Crippen molar-refractivity contribution in [1.29, 1.82) is 0 Å². The fourth-order valence-corrected chi connectivity index (χ4v) is 5.35. The van der Waals surface area contributed by atoms with Crippen LogP contribution in [0.4, 0.5) is 0 Å². The molecule has 0 aliphatic carbocycles. The van der Waals surface area contributed by atoms with Crippen LogP contribution in [0.25, 0.3) is 21.9 Å². The number of hydrogen-bond acceptors (Lipinski definition) is 8. The first kappa shape index (κ1) is 33.8. The van der Waals surface area contributed by atoms with Crippen LogP contribution in [0.2, 0.25) is 0 Å². The summed E-state index contributed by atoms with van der Waals surface area (Å²) in [6.07, 6.45) is 2.07. The van der Waals surface area contributed by atoms with Crippen molar-refractivity contribution in [3.8, 4) is 16.9 Å². The second-order valence-corrected chi connectivity index (χ2v) is 11.4. The van der Waals surface area contributed by atoms with E-state index in [4.69, 9.17) is 23.4 Å². The molecule has 4 aromatic carbocycles. The highest BCUT2D eigenvalue weighted by Crippen LogP contribution is 2.27. The number of carbonyl (C=O) groups excluding carboxylic acids is 1. The molecule has 9 heteroatoms. The Morgan fingerprint density at radius 3 is 2.47 bits per heavy atom. The van der Waals surface area contributed by atoms with Gasteiger partial charge in [0.05, 0.1) is 13.2 Å². The average Bonchev–Trinajstić information content (AvgIpc) is 3.56. The van der Waals surface area contributed by atoms with Crippen LogP contribution in [0.1, 0.15) is 59.6 Å². The molecule has 47 heavy (non-hydrogen) atoms. The fraction of sp³-hybridized carbons (Fsp3) is 0.342. The van der Waals surface area contributed by atoms with Gasteiger partial charge in [0.2, 0.25) is 11.8 Å². The van der Waals surface area contributed by atoms with Crippen LogP contribution >= 0.6 is 0 Å². The van der Waals surface area contributed by atoms with Gasteiger partial charge >= 0.3 is 0 Å². The van der Waals surface area contributed by atoms with Crippen LogP contribution in [0.3, 0.4) is 0 Å². The van der Waals surface area contributed by atoms with Gasteiger partial charge in [-0.1, -0.05) is 61.5 Å². The van der Waals surface area contributed by atoms with Gasteiger partial charge in [0.15, 0.2) is 6.79 Å². The summed E-state index contributed by atoms with van der Waals surface area (Å²) in [5.41, 5.74) is 4.99. The number of amides is 1. The molecule has 0 N–H and O–H groups in total. The van der Waals surface area contributed by atoms with Crippen molar-refractivity contribution in [2.45, 2.75) is 45.8 Å². The van der Waals surface area contributed by atoms with Crippen molar-refractivity contribution >= 4 is 16.7 Å². The van der Waals surface area contributed by atoms with Gasteiger partial charge < -0.3 is 28.3 Å². The van der Waals surface area contributed by atoms with Crippen molar-refractivity contribution in [3.63, 3.8) is 0 Å². The van der Waals surface area contributed by atoms with E-state index in [1.54, 1.807) is 12.0 Å². The van der Waals surface area contributed by atoms with Crippen LogP contribution in [0, 0.1) is 0 Å². The number of aromatic nitrogens is 2. The molecule has 1 amide bonds. The third kappa shape index (κ3) is 9.25. The highest BCUT2D eigenvalue weighted by molar-refractivity contribution is 5.98. The topological polar surface area (TPSA) is 96.2 Å². The van der Waals surface area contributed by atoms with Gasteiger partial charge in [0.1, 0.15) is 11.9 Å². The summed E-state index contributed by atoms with van der Waals surface area (Å²) < 4.78 is 27.8. The van der Waals surface area contributed by atoms with E-state index < -0.39 is 0 Å². The predicted octanol–water partition coefficient (Wildman–Crippen LogP) is 7.43. The zero-order valence-electron chi connectivity index (χ0n) is 27.6. The first-order valence-corrected chi connectivity index (χ1v) is 16.1. The average molecular weight is 638 g/mol. The summed E-state index contributed by atoms with van der Waals surface area (Å²) in [7, 11) is 3.46. The Balaban J connectivity index is 1.20. The lowest BCUT2D eigenvalue weighted by Gasteiger charge is -2.18. The number of aryl methyl sites for hydroxylation is 1. The summed E-state index contributed by atoms with van der Waals surface area (Å²) in [5, 5.41) is 10.3. The summed E-state index contributed by atoms with van der Waals surface area (Å²) in [6, 6.07) is 28.3. The molecule has 1 aromatic heterocycles. The van der Waals surface area contributed by atoms with Gasteiger partial charge in [-0.25, -0.2) is 0 Å². The summed E-state index contributed by atoms with van der Waals surface area (Å²) in [6.45, 7) is 6.24. The monoisotopic (exact) mass is 637 g/mol. The molecule has 0 saturated heterocycles. The van der Waals surface area contributed by atoms with E-state index in [2.05, 4.69) is 53.5 Å². The summed E-state index contributed by atoms with van der Waals surface area (Å²) in [5.74, 6) is 1.84. The molecule has 9 nitrogen and oxygen atoms in total. The van der Waals surface area contributed by atoms with Crippen molar-refractivity contribution in [2.75, 3.05) is 40.8 Å². The van der Waals surface area contributed by atoms with Crippen molar-refractivity contribution < 1.29 is 28.2 Å². The third-order valence-corrected chi connectivity index (χ3v) is 7.79. The Hall–Kier alpha value is -4.57. The Morgan fingerprint density at radius 2 is 1.68 bits per heavy atom. The van der Waals surface area contributed by atoms with Gasteiger partial charge in [-0.15, -0.1) is 10.2 Å². The smallest absolute Gasteiger partial charge is 0.253 e. The zero-order chi connectivity index (χ0) is 33.0. The van der Waals surface area contributed by atoms with E-state index >= 15 is 0 Å². The van der Waals surface area contributed by atoms with Gasteiger partial charge in [0, 0.05) is 45.7 Å². The standard InChI is InChI=1S/C38H43N3O6/c1-5-8-36-39-40-37(47-36)35(45-6-2)22-27-11-13-29(14-12-27)30-10-7-9-28(21-30)25-41(3)38(42)33-16-15-32-24-34(18-17-31(32)23-33)46-26-44-20-19-43-4/h7,9-18,21,23-24,35H,5-6,8,19-20,22,25-26H2,1-4H3. The quantitative estimate of drug-likeness (QED) is 0.0767. The molecule has 0 aliphatic heterocycles. The number of nitrogens with zero attached hydrogens (tertiary/aromatic N) is 3. The third-order valence-electron chi connectivity index (χ3n) is 7.79. The minimum absolute atomic E-state index is 0.0413. The molecule has 0 spiro atoms. The van der Waals surface area contributed by atoms with E-state index in [-0.39, 0.29) is 18.8 Å². The number of hydrogen-bond donors (Lipinski definition) is 0. The van der Waals surface area contributed by atoms with Crippen LogP contribution in [0.5, 0.6) is 5.75 Å². The van der Waals surface area contributed by atoms with E-state index in [0.717, 1.165) is 45.9 Å². The highest BCUT2D eigenvalue weighted by Gasteiger charge is 2.20. The first-order valence-electron chi connectivity index (χ1n) is 16.1. The molecular weight excluding hydrogens is 594 g/mol. The van der Waals surface area contributed by atoms with Gasteiger partial charge in [0.25, 0.3) is 5.91 Å². The second-order valence-electron chi connectivity index (χ2n) is 11.4. The first-order chi connectivity index (χ1) is 23.0. The van der Waals surface area contributed by atoms with Gasteiger partial charge in [-0.3, -0.25) is 4.79 Å². The SMILES string of the molecule is CCCc1nnc(C(Cc2ccc(-c3cccc(CN(C)C(=O)c4ccc5cc(OCOCCOC)ccc5c4)c3)cc2)OCC)o1. The summed E-state index contributed by atoms with van der Waals surface area (Å²) >= 11 is 0. The lowest BCUT2D eigenvalue weighted by Crippen LogP contribution is -2.26. The number of methoxy groups -OCH3 is 1. The van der Waals surface area contributed by atoms with Crippen LogP contribution in [-0.2, 0) is 33.6 Å². The van der Waals surface area contributed by atoms with E-state index in [9.17, 15) is 4.79 Å². The maximum absolute atomic E-state index is 13.4. The van der Waals surface area contributed by atoms with E-state index in [1.165, 1.54) is 0 Å². The molecule has 246 valence electrons. The lowest BCUT2D eigenvalue weighted by atomic mass is 9.99. The zero-order valence-corrected chi connectivity index (χ0v) is 27.6. The molecule has 5 aromatic rings. The van der Waals surface area contributed by atoms with Gasteiger partial charge in [-0.05, 0) is 76.7 Å². The molecule has 1 unspecified atom stereocenters. The molecular formula is C38H43N3O6. The second kappa shape index (κ2) is 16.8. The normalized spacial score (nSPS) is 11.9. The molecule has 0 fully saturated rings. The Morgan fingerprint density at radius 1 is 0.872 bits per heavy atom. The van der Waals surface area contributed by atoms with Crippen LogP contribution in [0.15, 0.2) is 89.3 Å². The highest BCUT2D eigenvalue weighted by atomic mass is 16.7. The lowest BCUT2D eigenvalue weighted by molar-refractivity contribution is -0.00841. The van der Waals surface area contributed by atoms with Crippen molar-refractivity contribution in [1.82, 2.24) is 15.1 Å². The maximum Gasteiger partial charge on any atom is 0.253 e. The van der Waals surface area contributed by atoms with E-state index in [0.29, 0.717) is 55.9 Å². The van der Waals surface area contributed by atoms with Crippen molar-refractivity contribution in [2.24, 2.45) is 0 Å². The number of fused-ring (bicyclic) bond motifs is 1. The fourth-order valence-electron chi connectivity index (χ4n) is 5.35. The molecule has 1 heterocycles. The number of carbonyl (C=O) groups is 1. The van der Waals surface area contributed by atoms with Gasteiger partial charge in [-0.2, -0.15) is 0 Å². The van der Waals surface area contributed by atoms with E-state index in [1.807, 2.05) is 62.5 Å². The molecule has 0 radical (unpaired) electrons. The minimum atomic E-state index is -0.286. The number of ether oxygens (including phenoxy) is 4. The molecule has 0 bridgehead atoms. The molecule has 0 saturated carbocycles. The molecule has 5 rings (SSSR count). The molecule has 1 atom stereocenters. The van der Waals surface area contributed by atoms with Crippen LogP contribution < -0.4 is 4.74 Å². The summed E-state index contributed by atoms with van der Waals surface area (Å²) in [4.78, 5) is 15.1. The predicted molar refractivity (Wildman–Crippen MR) is 181 cm³/mol.